The van der Waals surface area contributed by atoms with Gasteiger partial charge in [0.05, 0.1) is 45.1 Å². The lowest BCUT2D eigenvalue weighted by Gasteiger charge is -2.52. The average Bonchev–Trinajstić information content (AvgIpc) is 3.61. The van der Waals surface area contributed by atoms with Crippen LogP contribution in [0.5, 0.6) is 0 Å². The zero-order valence-corrected chi connectivity index (χ0v) is 33.0. The van der Waals surface area contributed by atoms with Crippen molar-refractivity contribution in [2.45, 2.75) is 69.2 Å². The fourth-order valence-electron chi connectivity index (χ4n) is 8.42. The molecule has 1 aliphatic carbocycles. The highest BCUT2D eigenvalue weighted by atomic mass is 16.6. The first-order valence-electron chi connectivity index (χ1n) is 20.3. The van der Waals surface area contributed by atoms with Crippen LogP contribution in [0.2, 0.25) is 0 Å². The number of nitrogens with zero attached hydrogens (tertiary/aromatic N) is 1. The summed E-state index contributed by atoms with van der Waals surface area (Å²) in [5, 5.41) is 0. The van der Waals surface area contributed by atoms with Gasteiger partial charge in [-0.15, -0.1) is 0 Å². The predicted molar refractivity (Wildman–Crippen MR) is 226 cm³/mol. The van der Waals surface area contributed by atoms with E-state index in [9.17, 15) is 4.79 Å². The van der Waals surface area contributed by atoms with E-state index in [0.29, 0.717) is 6.61 Å². The van der Waals surface area contributed by atoms with Crippen LogP contribution in [-0.4, -0.2) is 60.9 Å². The number of ether oxygens (including phenoxy) is 5. The molecule has 1 heterocycles. The van der Waals surface area contributed by atoms with Crippen LogP contribution in [-0.2, 0) is 54.9 Å². The van der Waals surface area contributed by atoms with Crippen LogP contribution in [0.25, 0.3) is 11.1 Å². The lowest BCUT2D eigenvalue weighted by molar-refractivity contribution is -0.222. The lowest BCUT2D eigenvalue weighted by Crippen LogP contribution is -2.70. The van der Waals surface area contributed by atoms with Crippen molar-refractivity contribution in [1.82, 2.24) is 4.90 Å². The Morgan fingerprint density at radius 3 is 1.36 bits per heavy atom. The Morgan fingerprint density at radius 2 is 0.881 bits per heavy atom. The maximum Gasteiger partial charge on any atom is 0.410 e. The van der Waals surface area contributed by atoms with E-state index in [2.05, 4.69) is 24.3 Å². The van der Waals surface area contributed by atoms with Gasteiger partial charge in [0.1, 0.15) is 31.2 Å². The Balaban J connectivity index is 1.17. The first-order valence-corrected chi connectivity index (χ1v) is 20.3. The van der Waals surface area contributed by atoms with Crippen molar-refractivity contribution < 1.29 is 33.3 Å². The number of rotatable bonds is 17. The molecular weight excluding hydrogens is 739 g/mol. The monoisotopic (exact) mass is 787 g/mol. The van der Waals surface area contributed by atoms with Crippen LogP contribution < -0.4 is 0 Å². The molecule has 2 aliphatic rings. The summed E-state index contributed by atoms with van der Waals surface area (Å²) in [6.07, 6.45) is -2.00. The fourth-order valence-corrected chi connectivity index (χ4v) is 8.42. The molecule has 6 aromatic rings. The van der Waals surface area contributed by atoms with E-state index in [1.807, 2.05) is 146 Å². The highest BCUT2D eigenvalue weighted by molar-refractivity contribution is 5.79. The number of fused-ring (bicyclic) bond motifs is 3. The fraction of sp³-hybridized carbons (Fsp3) is 0.255. The van der Waals surface area contributed by atoms with Crippen LogP contribution in [0.3, 0.4) is 0 Å². The summed E-state index contributed by atoms with van der Waals surface area (Å²) < 4.78 is 33.5. The summed E-state index contributed by atoms with van der Waals surface area (Å²) in [7, 11) is 0. The van der Waals surface area contributed by atoms with Gasteiger partial charge in [0.15, 0.2) is 0 Å². The number of likely N-dealkylation sites (tertiary alicyclic amines) is 1. The Bertz CT molecular complexity index is 2190. The third-order valence-corrected chi connectivity index (χ3v) is 11.3. The van der Waals surface area contributed by atoms with Gasteiger partial charge in [0.2, 0.25) is 0 Å². The highest BCUT2D eigenvalue weighted by Crippen LogP contribution is 2.45. The molecule has 1 fully saturated rings. The topological polar surface area (TPSA) is 83.5 Å². The van der Waals surface area contributed by atoms with Gasteiger partial charge in [-0.1, -0.05) is 170 Å². The molecule has 0 bridgehead atoms. The SMILES string of the molecule is O=CC[C@@H]1[C@H](OCc2ccccc2)[C@@H](OCc2ccccc2)[C@H](OCc2ccccc2)[C@@H](COCc2ccccc2)N1C(=O)OCC1c2ccccc2-c2ccccc21. The molecule has 8 nitrogen and oxygen atoms in total. The first kappa shape index (κ1) is 39.9. The quantitative estimate of drug-likeness (QED) is 0.0852. The second-order valence-corrected chi connectivity index (χ2v) is 15.0. The zero-order chi connectivity index (χ0) is 40.2. The van der Waals surface area contributed by atoms with Crippen LogP contribution in [0.1, 0.15) is 45.7 Å². The van der Waals surface area contributed by atoms with Gasteiger partial charge in [-0.3, -0.25) is 4.90 Å². The van der Waals surface area contributed by atoms with E-state index in [1.54, 1.807) is 4.90 Å². The van der Waals surface area contributed by atoms with Crippen LogP contribution >= 0.6 is 0 Å². The Labute approximate surface area is 346 Å². The molecule has 1 aliphatic heterocycles. The molecular formula is C51H49NO7. The third kappa shape index (κ3) is 9.54. The Kier molecular flexibility index (Phi) is 13.3. The van der Waals surface area contributed by atoms with Gasteiger partial charge in [0, 0.05) is 12.3 Å². The number of amides is 1. The van der Waals surface area contributed by atoms with Crippen molar-refractivity contribution in [3.05, 3.63) is 203 Å². The number of benzene rings is 6. The maximum atomic E-state index is 15.0. The van der Waals surface area contributed by atoms with Gasteiger partial charge in [0.25, 0.3) is 0 Å². The van der Waals surface area contributed by atoms with Crippen molar-refractivity contribution >= 4 is 12.4 Å². The maximum absolute atomic E-state index is 15.0. The molecule has 6 aromatic carbocycles. The van der Waals surface area contributed by atoms with Crippen molar-refractivity contribution in [2.75, 3.05) is 13.2 Å². The molecule has 0 N–H and O–H groups in total. The zero-order valence-electron chi connectivity index (χ0n) is 33.0. The molecule has 8 rings (SSSR count). The molecule has 1 saturated heterocycles. The average molecular weight is 788 g/mol. The Morgan fingerprint density at radius 1 is 0.475 bits per heavy atom. The summed E-state index contributed by atoms with van der Waals surface area (Å²) in [4.78, 5) is 29.4. The summed E-state index contributed by atoms with van der Waals surface area (Å²) in [6, 6.07) is 54.6. The van der Waals surface area contributed by atoms with Crippen molar-refractivity contribution in [3.8, 4) is 11.1 Å². The number of piperidine rings is 1. The Hall–Kier alpha value is -5.90. The standard InChI is InChI=1S/C51H49NO7/c53-30-29-46-48(56-32-38-19-7-2-8-20-38)50(58-34-40-23-11-4-12-24-40)49(57-33-39-21-9-3-10-22-39)47(36-55-31-37-17-5-1-6-18-37)52(46)51(54)59-35-45-43-27-15-13-25-41(43)42-26-14-16-28-44(42)45/h1-28,30,45-50H,29,31-36H2/t46-,47-,48+,49-,50-/m1/s1. The van der Waals surface area contributed by atoms with E-state index in [4.69, 9.17) is 23.7 Å². The number of carbonyl (C=O) groups is 2. The third-order valence-electron chi connectivity index (χ3n) is 11.3. The second kappa shape index (κ2) is 19.7. The minimum atomic E-state index is -0.782. The summed E-state index contributed by atoms with van der Waals surface area (Å²) in [5.41, 5.74) is 8.35. The molecule has 0 aromatic heterocycles. The van der Waals surface area contributed by atoms with Gasteiger partial charge in [-0.25, -0.2) is 4.79 Å². The minimum Gasteiger partial charge on any atom is -0.448 e. The molecule has 59 heavy (non-hydrogen) atoms. The molecule has 300 valence electrons. The number of aldehydes is 1. The summed E-state index contributed by atoms with van der Waals surface area (Å²) in [5.74, 6) is -0.161. The van der Waals surface area contributed by atoms with Gasteiger partial charge in [-0.2, -0.15) is 0 Å². The van der Waals surface area contributed by atoms with Gasteiger partial charge < -0.3 is 28.5 Å². The van der Waals surface area contributed by atoms with E-state index in [-0.39, 0.29) is 45.4 Å². The lowest BCUT2D eigenvalue weighted by atomic mass is 9.86. The second-order valence-electron chi connectivity index (χ2n) is 15.0. The minimum absolute atomic E-state index is 0.0184. The molecule has 0 unspecified atom stereocenters. The number of hydrogen-bond acceptors (Lipinski definition) is 7. The molecule has 0 spiro atoms. The van der Waals surface area contributed by atoms with Crippen LogP contribution in [0.15, 0.2) is 170 Å². The first-order chi connectivity index (χ1) is 29.2. The predicted octanol–water partition coefficient (Wildman–Crippen LogP) is 9.55. The van der Waals surface area contributed by atoms with Gasteiger partial charge in [-0.05, 0) is 44.5 Å². The summed E-state index contributed by atoms with van der Waals surface area (Å²) in [6.45, 7) is 1.24. The largest absolute Gasteiger partial charge is 0.448 e. The van der Waals surface area contributed by atoms with Crippen molar-refractivity contribution in [3.63, 3.8) is 0 Å². The smallest absolute Gasteiger partial charge is 0.410 e. The van der Waals surface area contributed by atoms with E-state index < -0.39 is 36.5 Å². The van der Waals surface area contributed by atoms with Crippen molar-refractivity contribution in [1.29, 1.82) is 0 Å². The molecule has 5 atom stereocenters. The summed E-state index contributed by atoms with van der Waals surface area (Å²) >= 11 is 0. The molecule has 0 saturated carbocycles. The molecule has 0 radical (unpaired) electrons. The van der Waals surface area contributed by atoms with Crippen molar-refractivity contribution in [2.24, 2.45) is 0 Å². The molecule has 8 heteroatoms. The van der Waals surface area contributed by atoms with E-state index in [0.717, 1.165) is 50.8 Å². The number of hydrogen-bond donors (Lipinski definition) is 0. The van der Waals surface area contributed by atoms with E-state index >= 15 is 4.79 Å². The van der Waals surface area contributed by atoms with Gasteiger partial charge >= 0.3 is 6.09 Å². The van der Waals surface area contributed by atoms with Crippen LogP contribution in [0, 0.1) is 0 Å². The normalized spacial score (nSPS) is 19.8. The highest BCUT2D eigenvalue weighted by Gasteiger charge is 2.54. The van der Waals surface area contributed by atoms with Crippen LogP contribution in [0.4, 0.5) is 4.79 Å². The number of carbonyl (C=O) groups excluding carboxylic acids is 2. The van der Waals surface area contributed by atoms with E-state index in [1.165, 1.54) is 0 Å². The molecule has 1 amide bonds.